The molecule has 1 saturated heterocycles. The monoisotopic (exact) mass is 321 g/mol. The Kier molecular flexibility index (Phi) is 5.20. The molecule has 0 aromatic carbocycles. The first kappa shape index (κ1) is 17.2. The number of rotatable bonds is 4. The Labute approximate surface area is 135 Å². The van der Waals surface area contributed by atoms with Crippen molar-refractivity contribution >= 4 is 12.1 Å². The minimum atomic E-state index is -0.908. The zero-order valence-corrected chi connectivity index (χ0v) is 13.7. The molecule has 0 spiro atoms. The third kappa shape index (κ3) is 4.92. The van der Waals surface area contributed by atoms with Crippen molar-refractivity contribution in [3.8, 4) is 0 Å². The molecular formula is C16H23N3O4. The second-order valence-corrected chi connectivity index (χ2v) is 6.65. The Morgan fingerprint density at radius 2 is 2.04 bits per heavy atom. The average molecular weight is 321 g/mol. The molecule has 1 amide bonds. The highest BCUT2D eigenvalue weighted by Gasteiger charge is 2.34. The number of likely N-dealkylation sites (tertiary alicyclic amines) is 1. The summed E-state index contributed by atoms with van der Waals surface area (Å²) < 4.78 is 5.23. The Morgan fingerprint density at radius 1 is 1.39 bits per heavy atom. The maximum absolute atomic E-state index is 11.8. The van der Waals surface area contributed by atoms with Crippen LogP contribution >= 0.6 is 0 Å². The smallest absolute Gasteiger partial charge is 0.407 e. The summed E-state index contributed by atoms with van der Waals surface area (Å²) in [6.45, 7) is 6.48. The number of nitrogens with zero attached hydrogens (tertiary/aromatic N) is 2. The first-order valence-corrected chi connectivity index (χ1v) is 7.62. The number of alkyl carbamates (subject to hydrolysis) is 1. The molecule has 2 rings (SSSR count). The molecule has 1 aromatic rings. The molecule has 1 aliphatic heterocycles. The molecule has 0 saturated carbocycles. The number of amides is 1. The first-order valence-electron chi connectivity index (χ1n) is 7.62. The van der Waals surface area contributed by atoms with E-state index in [9.17, 15) is 14.7 Å². The molecule has 7 heteroatoms. The summed E-state index contributed by atoms with van der Waals surface area (Å²) in [5.74, 6) is -0.908. The summed E-state index contributed by atoms with van der Waals surface area (Å²) in [4.78, 5) is 29.2. The number of carbonyl (C=O) groups is 2. The van der Waals surface area contributed by atoms with Crippen molar-refractivity contribution in [2.24, 2.45) is 0 Å². The number of nitrogens with one attached hydrogen (secondary N) is 1. The Hall–Kier alpha value is -2.15. The van der Waals surface area contributed by atoms with Crippen LogP contribution in [0.5, 0.6) is 0 Å². The van der Waals surface area contributed by atoms with Gasteiger partial charge in [0.1, 0.15) is 11.6 Å². The van der Waals surface area contributed by atoms with Gasteiger partial charge in [-0.05, 0) is 44.9 Å². The summed E-state index contributed by atoms with van der Waals surface area (Å²) in [5, 5.41) is 12.3. The molecule has 126 valence electrons. The maximum atomic E-state index is 11.8. The standard InChI is InChI=1S/C16H23N3O4/c1-16(2,3)23-15(22)18-12-6-9-19(10-12)13(14(20)21)11-4-7-17-8-5-11/h4-5,7-8,12-13H,6,9-10H2,1-3H3,(H,18,22)(H,20,21). The lowest BCUT2D eigenvalue weighted by Crippen LogP contribution is -2.41. The van der Waals surface area contributed by atoms with Crippen molar-refractivity contribution in [2.75, 3.05) is 13.1 Å². The van der Waals surface area contributed by atoms with Gasteiger partial charge in [0.15, 0.2) is 0 Å². The van der Waals surface area contributed by atoms with E-state index in [1.807, 2.05) is 4.90 Å². The van der Waals surface area contributed by atoms with Gasteiger partial charge in [-0.25, -0.2) is 4.79 Å². The van der Waals surface area contributed by atoms with E-state index < -0.39 is 23.7 Å². The van der Waals surface area contributed by atoms with Crippen molar-refractivity contribution in [3.05, 3.63) is 30.1 Å². The van der Waals surface area contributed by atoms with Gasteiger partial charge < -0.3 is 15.2 Å². The molecule has 2 atom stereocenters. The molecule has 1 aliphatic rings. The first-order chi connectivity index (χ1) is 10.8. The summed E-state index contributed by atoms with van der Waals surface area (Å²) in [6.07, 6.45) is 3.38. The third-order valence-electron chi connectivity index (χ3n) is 3.56. The van der Waals surface area contributed by atoms with E-state index >= 15 is 0 Å². The normalized spacial score (nSPS) is 20.0. The predicted octanol–water partition coefficient (Wildman–Crippen LogP) is 1.81. The average Bonchev–Trinajstić information content (AvgIpc) is 2.85. The van der Waals surface area contributed by atoms with Gasteiger partial charge in [-0.15, -0.1) is 0 Å². The van der Waals surface area contributed by atoms with Gasteiger partial charge in [0.25, 0.3) is 0 Å². The number of aromatic nitrogens is 1. The van der Waals surface area contributed by atoms with Crippen LogP contribution in [0.2, 0.25) is 0 Å². The largest absolute Gasteiger partial charge is 0.480 e. The van der Waals surface area contributed by atoms with Crippen LogP contribution in [0.4, 0.5) is 4.79 Å². The second kappa shape index (κ2) is 6.95. The van der Waals surface area contributed by atoms with Crippen molar-refractivity contribution in [1.29, 1.82) is 0 Å². The second-order valence-electron chi connectivity index (χ2n) is 6.65. The van der Waals surface area contributed by atoms with Crippen LogP contribution in [0.25, 0.3) is 0 Å². The van der Waals surface area contributed by atoms with Crippen LogP contribution in [0.3, 0.4) is 0 Å². The Bertz CT molecular complexity index is 556. The third-order valence-corrected chi connectivity index (χ3v) is 3.56. The highest BCUT2D eigenvalue weighted by molar-refractivity contribution is 5.75. The van der Waals surface area contributed by atoms with Crippen molar-refractivity contribution < 1.29 is 19.4 Å². The van der Waals surface area contributed by atoms with Crippen LogP contribution in [-0.2, 0) is 9.53 Å². The number of aliphatic carboxylic acids is 1. The molecule has 2 heterocycles. The van der Waals surface area contributed by atoms with Gasteiger partial charge in [0.05, 0.1) is 0 Å². The topological polar surface area (TPSA) is 91.8 Å². The number of pyridine rings is 1. The SMILES string of the molecule is CC(C)(C)OC(=O)NC1CCN(C(C(=O)O)c2ccncc2)C1. The maximum Gasteiger partial charge on any atom is 0.407 e. The van der Waals surface area contributed by atoms with E-state index in [-0.39, 0.29) is 6.04 Å². The number of hydrogen-bond donors (Lipinski definition) is 2. The summed E-state index contributed by atoms with van der Waals surface area (Å²) in [7, 11) is 0. The van der Waals surface area contributed by atoms with Gasteiger partial charge >= 0.3 is 12.1 Å². The Morgan fingerprint density at radius 3 is 2.61 bits per heavy atom. The molecule has 23 heavy (non-hydrogen) atoms. The summed E-state index contributed by atoms with van der Waals surface area (Å²) in [5.41, 5.74) is 0.133. The van der Waals surface area contributed by atoms with Gasteiger partial charge in [0, 0.05) is 31.5 Å². The predicted molar refractivity (Wildman–Crippen MR) is 84.0 cm³/mol. The number of hydrogen-bond acceptors (Lipinski definition) is 5. The molecule has 0 radical (unpaired) electrons. The fraction of sp³-hybridized carbons (Fsp3) is 0.562. The molecule has 0 bridgehead atoms. The lowest BCUT2D eigenvalue weighted by molar-refractivity contribution is -0.143. The van der Waals surface area contributed by atoms with Gasteiger partial charge in [-0.2, -0.15) is 0 Å². The number of ether oxygens (including phenoxy) is 1. The van der Waals surface area contributed by atoms with E-state index in [1.54, 1.807) is 45.3 Å². The van der Waals surface area contributed by atoms with Crippen molar-refractivity contribution in [1.82, 2.24) is 15.2 Å². The molecule has 1 fully saturated rings. The van der Waals surface area contributed by atoms with E-state index in [1.165, 1.54) is 0 Å². The number of carbonyl (C=O) groups excluding carboxylic acids is 1. The van der Waals surface area contributed by atoms with Crippen LogP contribution in [0, 0.1) is 0 Å². The minimum Gasteiger partial charge on any atom is -0.480 e. The molecule has 2 unspecified atom stereocenters. The lowest BCUT2D eigenvalue weighted by Gasteiger charge is -2.25. The van der Waals surface area contributed by atoms with Crippen LogP contribution in [0.15, 0.2) is 24.5 Å². The van der Waals surface area contributed by atoms with Crippen molar-refractivity contribution in [2.45, 2.75) is 44.9 Å². The quantitative estimate of drug-likeness (QED) is 0.879. The fourth-order valence-corrected chi connectivity index (χ4v) is 2.67. The zero-order chi connectivity index (χ0) is 17.0. The van der Waals surface area contributed by atoms with Gasteiger partial charge in [0.2, 0.25) is 0 Å². The van der Waals surface area contributed by atoms with Crippen LogP contribution in [-0.4, -0.2) is 51.8 Å². The summed E-state index contributed by atoms with van der Waals surface area (Å²) in [6, 6.07) is 2.55. The molecule has 2 N–H and O–H groups in total. The van der Waals surface area contributed by atoms with Crippen molar-refractivity contribution in [3.63, 3.8) is 0 Å². The van der Waals surface area contributed by atoms with Crippen LogP contribution in [0.1, 0.15) is 38.8 Å². The van der Waals surface area contributed by atoms with E-state index in [2.05, 4.69) is 10.3 Å². The number of carboxylic acid groups (broad SMARTS) is 1. The Balaban J connectivity index is 1.98. The van der Waals surface area contributed by atoms with Gasteiger partial charge in [-0.1, -0.05) is 0 Å². The minimum absolute atomic E-state index is 0.117. The van der Waals surface area contributed by atoms with Crippen LogP contribution < -0.4 is 5.32 Å². The molecule has 7 nitrogen and oxygen atoms in total. The fourth-order valence-electron chi connectivity index (χ4n) is 2.67. The molecule has 1 aromatic heterocycles. The lowest BCUT2D eigenvalue weighted by atomic mass is 10.1. The highest BCUT2D eigenvalue weighted by atomic mass is 16.6. The van der Waals surface area contributed by atoms with Gasteiger partial charge in [-0.3, -0.25) is 14.7 Å². The summed E-state index contributed by atoms with van der Waals surface area (Å²) >= 11 is 0. The van der Waals surface area contributed by atoms with E-state index in [0.29, 0.717) is 25.1 Å². The molecular weight excluding hydrogens is 298 g/mol. The zero-order valence-electron chi connectivity index (χ0n) is 13.7. The van der Waals surface area contributed by atoms with E-state index in [4.69, 9.17) is 4.74 Å². The van der Waals surface area contributed by atoms with E-state index in [0.717, 1.165) is 0 Å². The highest BCUT2D eigenvalue weighted by Crippen LogP contribution is 2.25. The molecule has 0 aliphatic carbocycles. The number of carboxylic acids is 1.